The summed E-state index contributed by atoms with van der Waals surface area (Å²) in [5.41, 5.74) is 0. The molecule has 0 radical (unpaired) electrons. The van der Waals surface area contributed by atoms with Crippen LogP contribution in [-0.2, 0) is 0 Å². The van der Waals surface area contributed by atoms with Crippen molar-refractivity contribution in [2.75, 3.05) is 27.2 Å². The van der Waals surface area contributed by atoms with E-state index in [4.69, 9.17) is 11.6 Å². The SMILES string of the molecule is C[N+]1(C)CCC(Cl)CC1. The van der Waals surface area contributed by atoms with Crippen molar-refractivity contribution in [2.45, 2.75) is 18.2 Å². The van der Waals surface area contributed by atoms with E-state index in [-0.39, 0.29) is 0 Å². The lowest BCUT2D eigenvalue weighted by atomic mass is 10.1. The summed E-state index contributed by atoms with van der Waals surface area (Å²) >= 11 is 5.93. The van der Waals surface area contributed by atoms with Gasteiger partial charge < -0.3 is 4.48 Å². The van der Waals surface area contributed by atoms with Crippen molar-refractivity contribution in [1.82, 2.24) is 0 Å². The summed E-state index contributed by atoms with van der Waals surface area (Å²) in [5.74, 6) is 0. The van der Waals surface area contributed by atoms with E-state index < -0.39 is 0 Å². The van der Waals surface area contributed by atoms with Crippen LogP contribution in [0.1, 0.15) is 12.8 Å². The molecule has 1 rings (SSSR count). The lowest BCUT2D eigenvalue weighted by Crippen LogP contribution is -2.46. The van der Waals surface area contributed by atoms with E-state index in [1.807, 2.05) is 0 Å². The van der Waals surface area contributed by atoms with Gasteiger partial charge >= 0.3 is 0 Å². The van der Waals surface area contributed by atoms with E-state index in [2.05, 4.69) is 14.1 Å². The fourth-order valence-electron chi connectivity index (χ4n) is 1.24. The van der Waals surface area contributed by atoms with Gasteiger partial charge in [-0.2, -0.15) is 0 Å². The molecule has 0 atom stereocenters. The summed E-state index contributed by atoms with van der Waals surface area (Å²) in [4.78, 5) is 0. The van der Waals surface area contributed by atoms with Crippen molar-refractivity contribution >= 4 is 11.6 Å². The van der Waals surface area contributed by atoms with E-state index >= 15 is 0 Å². The molecule has 2 heteroatoms. The second-order valence-electron chi connectivity index (χ2n) is 3.56. The Kier molecular flexibility index (Phi) is 2.02. The number of hydrogen-bond donors (Lipinski definition) is 0. The first-order valence-corrected chi connectivity index (χ1v) is 4.00. The van der Waals surface area contributed by atoms with Crippen molar-refractivity contribution in [2.24, 2.45) is 0 Å². The molecule has 1 heterocycles. The minimum Gasteiger partial charge on any atom is -0.328 e. The second kappa shape index (κ2) is 2.47. The van der Waals surface area contributed by atoms with Crippen molar-refractivity contribution in [3.8, 4) is 0 Å². The standard InChI is InChI=1S/C7H15ClN/c1-9(2)5-3-7(8)4-6-9/h7H,3-6H2,1-2H3/q+1. The van der Waals surface area contributed by atoms with E-state index in [0.29, 0.717) is 5.38 Å². The highest BCUT2D eigenvalue weighted by atomic mass is 35.5. The second-order valence-corrected chi connectivity index (χ2v) is 4.17. The van der Waals surface area contributed by atoms with Crippen molar-refractivity contribution in [3.05, 3.63) is 0 Å². The summed E-state index contributed by atoms with van der Waals surface area (Å²) in [7, 11) is 4.53. The van der Waals surface area contributed by atoms with Gasteiger partial charge in [-0.3, -0.25) is 0 Å². The highest BCUT2D eigenvalue weighted by molar-refractivity contribution is 6.20. The average molecular weight is 149 g/mol. The maximum Gasteiger partial charge on any atom is 0.0796 e. The molecule has 0 bridgehead atoms. The maximum atomic E-state index is 5.93. The fourth-order valence-corrected chi connectivity index (χ4v) is 1.43. The third-order valence-corrected chi connectivity index (χ3v) is 2.53. The Bertz CT molecular complexity index is 91.1. The van der Waals surface area contributed by atoms with Gasteiger partial charge in [0.25, 0.3) is 0 Å². The number of hydrogen-bond acceptors (Lipinski definition) is 0. The van der Waals surface area contributed by atoms with Crippen LogP contribution in [0.3, 0.4) is 0 Å². The highest BCUT2D eigenvalue weighted by Crippen LogP contribution is 2.18. The first kappa shape index (κ1) is 7.36. The minimum atomic E-state index is 0.455. The predicted molar refractivity (Wildman–Crippen MR) is 40.7 cm³/mol. The molecule has 0 aliphatic carbocycles. The molecule has 9 heavy (non-hydrogen) atoms. The van der Waals surface area contributed by atoms with E-state index in [1.54, 1.807) is 0 Å². The number of nitrogens with zero attached hydrogens (tertiary/aromatic N) is 1. The average Bonchev–Trinajstić information content (AvgIpc) is 1.78. The summed E-state index contributed by atoms with van der Waals surface area (Å²) in [5, 5.41) is 0.455. The van der Waals surface area contributed by atoms with Crippen LogP contribution in [0.4, 0.5) is 0 Å². The highest BCUT2D eigenvalue weighted by Gasteiger charge is 2.23. The van der Waals surface area contributed by atoms with Gasteiger partial charge in [-0.15, -0.1) is 11.6 Å². The van der Waals surface area contributed by atoms with Crippen molar-refractivity contribution in [3.63, 3.8) is 0 Å². The molecule has 1 saturated heterocycles. The quantitative estimate of drug-likeness (QED) is 0.361. The normalized spacial score (nSPS) is 28.3. The van der Waals surface area contributed by atoms with Crippen LogP contribution >= 0.6 is 11.6 Å². The summed E-state index contributed by atoms with van der Waals surface area (Å²) in [6.07, 6.45) is 2.38. The monoisotopic (exact) mass is 148 g/mol. The van der Waals surface area contributed by atoms with Crippen LogP contribution in [0.5, 0.6) is 0 Å². The Morgan fingerprint density at radius 3 is 2.00 bits per heavy atom. The Balaban J connectivity index is 2.35. The zero-order valence-electron chi connectivity index (χ0n) is 6.23. The molecule has 0 aromatic rings. The minimum absolute atomic E-state index is 0.455. The zero-order valence-corrected chi connectivity index (χ0v) is 6.99. The first-order chi connectivity index (χ1) is 4.10. The molecule has 1 aliphatic heterocycles. The van der Waals surface area contributed by atoms with Gasteiger partial charge in [-0.25, -0.2) is 0 Å². The molecule has 0 unspecified atom stereocenters. The van der Waals surface area contributed by atoms with Crippen LogP contribution in [0.25, 0.3) is 0 Å². The van der Waals surface area contributed by atoms with Crippen LogP contribution < -0.4 is 0 Å². The third kappa shape index (κ3) is 2.15. The van der Waals surface area contributed by atoms with Crippen LogP contribution in [0.15, 0.2) is 0 Å². The van der Waals surface area contributed by atoms with Crippen molar-refractivity contribution < 1.29 is 4.48 Å². The molecule has 1 aliphatic rings. The molecule has 0 aromatic heterocycles. The topological polar surface area (TPSA) is 0 Å². The summed E-state index contributed by atoms with van der Waals surface area (Å²) in [6.45, 7) is 2.49. The molecular formula is C7H15ClN+. The molecule has 0 spiro atoms. The Hall–Kier alpha value is 0.250. The summed E-state index contributed by atoms with van der Waals surface area (Å²) < 4.78 is 1.16. The molecule has 1 nitrogen and oxygen atoms in total. The maximum absolute atomic E-state index is 5.93. The van der Waals surface area contributed by atoms with Gasteiger partial charge in [0.05, 0.1) is 27.2 Å². The van der Waals surface area contributed by atoms with E-state index in [0.717, 1.165) is 4.48 Å². The number of halogens is 1. The lowest BCUT2D eigenvalue weighted by Gasteiger charge is -2.35. The van der Waals surface area contributed by atoms with Gasteiger partial charge in [0.15, 0.2) is 0 Å². The molecule has 1 fully saturated rings. The van der Waals surface area contributed by atoms with Gasteiger partial charge in [-0.05, 0) is 0 Å². The fraction of sp³-hybridized carbons (Fsp3) is 1.00. The van der Waals surface area contributed by atoms with Gasteiger partial charge in [-0.1, -0.05) is 0 Å². The molecular weight excluding hydrogens is 134 g/mol. The molecule has 0 amide bonds. The number of likely N-dealkylation sites (tertiary alicyclic amines) is 1. The molecule has 0 N–H and O–H groups in total. The third-order valence-electron chi connectivity index (χ3n) is 2.10. The number of rotatable bonds is 0. The first-order valence-electron chi connectivity index (χ1n) is 3.56. The lowest BCUT2D eigenvalue weighted by molar-refractivity contribution is -0.894. The molecule has 54 valence electrons. The largest absolute Gasteiger partial charge is 0.328 e. The number of alkyl halides is 1. The van der Waals surface area contributed by atoms with Crippen LogP contribution in [0, 0.1) is 0 Å². The molecule has 0 saturated carbocycles. The Morgan fingerprint density at radius 1 is 1.22 bits per heavy atom. The predicted octanol–water partition coefficient (Wildman–Crippen LogP) is 1.46. The number of piperidine rings is 1. The van der Waals surface area contributed by atoms with Crippen molar-refractivity contribution in [1.29, 1.82) is 0 Å². The van der Waals surface area contributed by atoms with Gasteiger partial charge in [0.2, 0.25) is 0 Å². The Morgan fingerprint density at radius 2 is 1.67 bits per heavy atom. The van der Waals surface area contributed by atoms with Crippen LogP contribution in [-0.4, -0.2) is 37.0 Å². The van der Waals surface area contributed by atoms with E-state index in [9.17, 15) is 0 Å². The van der Waals surface area contributed by atoms with Gasteiger partial charge in [0, 0.05) is 18.2 Å². The molecule has 0 aromatic carbocycles. The number of quaternary nitrogens is 1. The Labute approximate surface area is 62.2 Å². The van der Waals surface area contributed by atoms with E-state index in [1.165, 1.54) is 25.9 Å². The zero-order chi connectivity index (χ0) is 6.91. The van der Waals surface area contributed by atoms with Crippen LogP contribution in [0.2, 0.25) is 0 Å². The smallest absolute Gasteiger partial charge is 0.0796 e. The van der Waals surface area contributed by atoms with Gasteiger partial charge in [0.1, 0.15) is 0 Å². The summed E-state index contributed by atoms with van der Waals surface area (Å²) in [6, 6.07) is 0.